The third-order valence-electron chi connectivity index (χ3n) is 3.68. The number of alkyl halides is 1. The summed E-state index contributed by atoms with van der Waals surface area (Å²) in [7, 11) is 0. The molecule has 1 aliphatic heterocycles. The van der Waals surface area contributed by atoms with Gasteiger partial charge in [-0.05, 0) is 18.4 Å². The fraction of sp³-hybridized carbons (Fsp3) is 0.429. The second kappa shape index (κ2) is 4.73. The Bertz CT molecular complexity index is 512. The van der Waals surface area contributed by atoms with Gasteiger partial charge in [-0.1, -0.05) is 24.3 Å². The number of hydrogen-bond donors (Lipinski definition) is 0. The van der Waals surface area contributed by atoms with Gasteiger partial charge in [-0.2, -0.15) is 5.10 Å². The Labute approximate surface area is 111 Å². The summed E-state index contributed by atoms with van der Waals surface area (Å²) >= 11 is 5.71. The molecule has 0 fully saturated rings. The number of hydrogen-bond acceptors (Lipinski definition) is 2. The summed E-state index contributed by atoms with van der Waals surface area (Å²) in [6, 6.07) is 8.35. The summed E-state index contributed by atoms with van der Waals surface area (Å²) < 4.78 is 0. The molecule has 1 aromatic rings. The average Bonchev–Trinajstić information content (AvgIpc) is 2.40. The van der Waals surface area contributed by atoms with Crippen LogP contribution >= 0.6 is 11.6 Å². The molecule has 18 heavy (non-hydrogen) atoms. The molecule has 0 saturated heterocycles. The maximum Gasteiger partial charge on any atom is 0.243 e. The van der Waals surface area contributed by atoms with E-state index < -0.39 is 0 Å². The Morgan fingerprint density at radius 3 is 3.06 bits per heavy atom. The van der Waals surface area contributed by atoms with Crippen molar-refractivity contribution in [1.29, 1.82) is 0 Å². The largest absolute Gasteiger partial charge is 0.273 e. The number of hydrazone groups is 1. The van der Waals surface area contributed by atoms with Crippen molar-refractivity contribution in [3.63, 3.8) is 0 Å². The lowest BCUT2D eigenvalue weighted by molar-refractivity contribution is -0.132. The Kier molecular flexibility index (Phi) is 3.08. The Hall–Kier alpha value is -1.35. The van der Waals surface area contributed by atoms with E-state index in [1.807, 2.05) is 6.07 Å². The minimum absolute atomic E-state index is 0.101. The number of halogens is 1. The van der Waals surface area contributed by atoms with Crippen LogP contribution in [0.4, 0.5) is 0 Å². The van der Waals surface area contributed by atoms with Crippen molar-refractivity contribution >= 4 is 23.2 Å². The lowest BCUT2D eigenvalue weighted by atomic mass is 9.79. The van der Waals surface area contributed by atoms with Gasteiger partial charge < -0.3 is 0 Å². The van der Waals surface area contributed by atoms with E-state index in [9.17, 15) is 4.79 Å². The molecule has 1 atom stereocenters. The second-order valence-electron chi connectivity index (χ2n) is 4.79. The van der Waals surface area contributed by atoms with E-state index in [0.29, 0.717) is 24.8 Å². The zero-order chi connectivity index (χ0) is 12.5. The molecule has 4 heteroatoms. The molecule has 0 bridgehead atoms. The molecule has 1 amide bonds. The van der Waals surface area contributed by atoms with Gasteiger partial charge in [0.2, 0.25) is 5.91 Å². The molecule has 94 valence electrons. The van der Waals surface area contributed by atoms with Crippen LogP contribution in [0.25, 0.3) is 0 Å². The monoisotopic (exact) mass is 262 g/mol. The number of amides is 1. The number of carbonyl (C=O) groups excluding carboxylic acids is 1. The Morgan fingerprint density at radius 2 is 2.22 bits per heavy atom. The normalized spacial score (nSPS) is 22.3. The number of benzene rings is 1. The lowest BCUT2D eigenvalue weighted by Gasteiger charge is -2.33. The molecule has 3 nitrogen and oxygen atoms in total. The van der Waals surface area contributed by atoms with E-state index >= 15 is 0 Å². The van der Waals surface area contributed by atoms with E-state index in [4.69, 9.17) is 11.6 Å². The smallest absolute Gasteiger partial charge is 0.243 e. The van der Waals surface area contributed by atoms with Crippen molar-refractivity contribution in [1.82, 2.24) is 5.01 Å². The minimum Gasteiger partial charge on any atom is -0.273 e. The van der Waals surface area contributed by atoms with Gasteiger partial charge in [-0.15, -0.1) is 11.6 Å². The number of fused-ring (bicyclic) bond motifs is 3. The molecule has 0 spiro atoms. The summed E-state index contributed by atoms with van der Waals surface area (Å²) in [5.41, 5.74) is 3.62. The van der Waals surface area contributed by atoms with Crippen LogP contribution in [0.1, 0.15) is 24.0 Å². The molecule has 0 aromatic heterocycles. The van der Waals surface area contributed by atoms with Gasteiger partial charge in [0.1, 0.15) is 0 Å². The third kappa shape index (κ3) is 1.93. The molecule has 0 saturated carbocycles. The maximum atomic E-state index is 11.9. The highest BCUT2D eigenvalue weighted by Gasteiger charge is 2.33. The van der Waals surface area contributed by atoms with Crippen LogP contribution < -0.4 is 0 Å². The van der Waals surface area contributed by atoms with Crippen LogP contribution in [0.5, 0.6) is 0 Å². The Morgan fingerprint density at radius 1 is 1.39 bits per heavy atom. The number of rotatable bonds is 2. The van der Waals surface area contributed by atoms with Crippen LogP contribution in [0, 0.1) is 5.92 Å². The molecule has 1 heterocycles. The quantitative estimate of drug-likeness (QED) is 0.754. The molecule has 0 radical (unpaired) electrons. The van der Waals surface area contributed by atoms with Crippen molar-refractivity contribution in [2.45, 2.75) is 19.3 Å². The van der Waals surface area contributed by atoms with E-state index in [2.05, 4.69) is 23.3 Å². The van der Waals surface area contributed by atoms with Crippen molar-refractivity contribution in [2.75, 3.05) is 12.4 Å². The predicted octanol–water partition coefficient (Wildman–Crippen LogP) is 2.42. The zero-order valence-corrected chi connectivity index (χ0v) is 10.9. The van der Waals surface area contributed by atoms with Crippen LogP contribution in [-0.4, -0.2) is 29.1 Å². The number of carbonyl (C=O) groups is 1. The van der Waals surface area contributed by atoms with E-state index in [1.54, 1.807) is 0 Å². The molecule has 0 N–H and O–H groups in total. The highest BCUT2D eigenvalue weighted by Crippen LogP contribution is 2.31. The van der Waals surface area contributed by atoms with Crippen LogP contribution in [0.15, 0.2) is 29.4 Å². The molecular weight excluding hydrogens is 248 g/mol. The topological polar surface area (TPSA) is 32.7 Å². The standard InChI is InChI=1S/C14H15ClN2O/c15-7-8-17-13(18)9-11-6-5-10-3-1-2-4-12(10)14(11)16-17/h1-4,11H,5-9H2. The summed E-state index contributed by atoms with van der Waals surface area (Å²) in [5, 5.41) is 6.06. The van der Waals surface area contributed by atoms with Gasteiger partial charge in [-0.25, -0.2) is 5.01 Å². The summed E-state index contributed by atoms with van der Waals surface area (Å²) in [6.07, 6.45) is 2.64. The zero-order valence-electron chi connectivity index (χ0n) is 10.1. The second-order valence-corrected chi connectivity index (χ2v) is 5.17. The average molecular weight is 263 g/mol. The first-order chi connectivity index (χ1) is 8.79. The molecule has 1 aliphatic carbocycles. The molecular formula is C14H15ClN2O. The van der Waals surface area contributed by atoms with Crippen molar-refractivity contribution in [3.8, 4) is 0 Å². The van der Waals surface area contributed by atoms with Crippen LogP contribution in [0.3, 0.4) is 0 Å². The van der Waals surface area contributed by atoms with Gasteiger partial charge in [-0.3, -0.25) is 4.79 Å². The van der Waals surface area contributed by atoms with Crippen molar-refractivity contribution in [3.05, 3.63) is 35.4 Å². The highest BCUT2D eigenvalue weighted by atomic mass is 35.5. The molecule has 3 rings (SSSR count). The van der Waals surface area contributed by atoms with Gasteiger partial charge in [0.25, 0.3) is 0 Å². The van der Waals surface area contributed by atoms with Crippen molar-refractivity contribution < 1.29 is 4.79 Å². The van der Waals surface area contributed by atoms with E-state index in [-0.39, 0.29) is 5.91 Å². The number of nitrogens with zero attached hydrogens (tertiary/aromatic N) is 2. The first-order valence-electron chi connectivity index (χ1n) is 6.32. The predicted molar refractivity (Wildman–Crippen MR) is 71.8 cm³/mol. The van der Waals surface area contributed by atoms with Crippen LogP contribution in [0.2, 0.25) is 0 Å². The minimum atomic E-state index is 0.101. The van der Waals surface area contributed by atoms with Gasteiger partial charge in [0, 0.05) is 23.8 Å². The fourth-order valence-electron chi connectivity index (χ4n) is 2.77. The SMILES string of the molecule is O=C1CC2CCc3ccccc3C2=NN1CCCl. The highest BCUT2D eigenvalue weighted by molar-refractivity contribution is 6.18. The summed E-state index contributed by atoms with van der Waals surface area (Å²) in [5.74, 6) is 0.817. The van der Waals surface area contributed by atoms with Gasteiger partial charge in [0.15, 0.2) is 0 Å². The van der Waals surface area contributed by atoms with E-state index in [0.717, 1.165) is 18.6 Å². The third-order valence-corrected chi connectivity index (χ3v) is 3.84. The van der Waals surface area contributed by atoms with Gasteiger partial charge >= 0.3 is 0 Å². The fourth-order valence-corrected chi connectivity index (χ4v) is 2.93. The first kappa shape index (κ1) is 11.7. The lowest BCUT2D eigenvalue weighted by Crippen LogP contribution is -2.40. The van der Waals surface area contributed by atoms with Gasteiger partial charge in [0.05, 0.1) is 12.3 Å². The number of aryl methyl sites for hydroxylation is 1. The summed E-state index contributed by atoms with van der Waals surface area (Å²) in [6.45, 7) is 0.499. The Balaban J connectivity index is 2.02. The summed E-state index contributed by atoms with van der Waals surface area (Å²) in [4.78, 5) is 11.9. The van der Waals surface area contributed by atoms with Crippen molar-refractivity contribution in [2.24, 2.45) is 11.0 Å². The molecule has 1 unspecified atom stereocenters. The molecule has 2 aliphatic rings. The van der Waals surface area contributed by atoms with E-state index in [1.165, 1.54) is 16.1 Å². The van der Waals surface area contributed by atoms with Crippen LogP contribution in [-0.2, 0) is 11.2 Å². The molecule has 1 aromatic carbocycles. The first-order valence-corrected chi connectivity index (χ1v) is 6.86. The maximum absolute atomic E-state index is 11.9.